The first kappa shape index (κ1) is 14.7. The number of nitrogens with one attached hydrogen (secondary N) is 1. The molecule has 1 aliphatic heterocycles. The molecule has 1 saturated heterocycles. The minimum Gasteiger partial charge on any atom is -0.340 e. The van der Waals surface area contributed by atoms with Gasteiger partial charge in [0.05, 0.1) is 13.1 Å². The summed E-state index contributed by atoms with van der Waals surface area (Å²) in [4.78, 5) is 23.6. The van der Waals surface area contributed by atoms with E-state index in [1.165, 1.54) is 6.92 Å². The Balaban J connectivity index is 2.89. The van der Waals surface area contributed by atoms with Crippen LogP contribution >= 0.6 is 0 Å². The SMILES string of the molecule is CCC1(C)NC(=O)CN(CC(F)(F)C(F)F)C1=O. The van der Waals surface area contributed by atoms with Gasteiger partial charge in [-0.15, -0.1) is 0 Å². The van der Waals surface area contributed by atoms with Gasteiger partial charge < -0.3 is 10.2 Å². The number of carbonyl (C=O) groups excluding carboxylic acids is 2. The molecule has 4 nitrogen and oxygen atoms in total. The molecule has 18 heavy (non-hydrogen) atoms. The van der Waals surface area contributed by atoms with Crippen LogP contribution in [0.1, 0.15) is 20.3 Å². The average Bonchev–Trinajstić information content (AvgIpc) is 2.24. The third-order valence-corrected chi connectivity index (χ3v) is 2.94. The van der Waals surface area contributed by atoms with Crippen LogP contribution in [-0.2, 0) is 9.59 Å². The summed E-state index contributed by atoms with van der Waals surface area (Å²) in [6, 6.07) is 0. The Labute approximate surface area is 101 Å². The number of hydrogen-bond donors (Lipinski definition) is 1. The molecule has 2 amide bonds. The van der Waals surface area contributed by atoms with Crippen LogP contribution in [0, 0.1) is 0 Å². The number of alkyl halides is 4. The number of amides is 2. The van der Waals surface area contributed by atoms with E-state index in [1.807, 2.05) is 0 Å². The van der Waals surface area contributed by atoms with Crippen molar-refractivity contribution in [1.82, 2.24) is 10.2 Å². The van der Waals surface area contributed by atoms with E-state index in [2.05, 4.69) is 5.32 Å². The van der Waals surface area contributed by atoms with E-state index in [9.17, 15) is 27.2 Å². The summed E-state index contributed by atoms with van der Waals surface area (Å²) < 4.78 is 50.0. The Bertz CT molecular complexity index is 362. The van der Waals surface area contributed by atoms with Gasteiger partial charge in [-0.3, -0.25) is 9.59 Å². The number of piperazine rings is 1. The molecule has 1 fully saturated rings. The number of halogens is 4. The molecule has 1 aliphatic rings. The van der Waals surface area contributed by atoms with Crippen LogP contribution in [0.4, 0.5) is 17.6 Å². The van der Waals surface area contributed by atoms with E-state index in [-0.39, 0.29) is 6.42 Å². The first-order valence-corrected chi connectivity index (χ1v) is 5.39. The topological polar surface area (TPSA) is 49.4 Å². The van der Waals surface area contributed by atoms with E-state index in [1.54, 1.807) is 6.92 Å². The Morgan fingerprint density at radius 2 is 2.00 bits per heavy atom. The molecule has 0 spiro atoms. The van der Waals surface area contributed by atoms with Crippen molar-refractivity contribution >= 4 is 11.8 Å². The molecule has 1 unspecified atom stereocenters. The summed E-state index contributed by atoms with van der Waals surface area (Å²) in [5, 5.41) is 2.37. The third kappa shape index (κ3) is 2.73. The first-order valence-electron chi connectivity index (χ1n) is 5.39. The molecular formula is C10H14F4N2O2. The maximum Gasteiger partial charge on any atom is 0.324 e. The van der Waals surface area contributed by atoms with Gasteiger partial charge in [0.2, 0.25) is 11.8 Å². The fourth-order valence-corrected chi connectivity index (χ4v) is 1.69. The third-order valence-electron chi connectivity index (χ3n) is 2.94. The van der Waals surface area contributed by atoms with Gasteiger partial charge >= 0.3 is 12.3 Å². The Morgan fingerprint density at radius 3 is 2.44 bits per heavy atom. The fourth-order valence-electron chi connectivity index (χ4n) is 1.69. The van der Waals surface area contributed by atoms with Gasteiger partial charge in [0.25, 0.3) is 0 Å². The fraction of sp³-hybridized carbons (Fsp3) is 0.800. The van der Waals surface area contributed by atoms with Crippen molar-refractivity contribution in [2.24, 2.45) is 0 Å². The van der Waals surface area contributed by atoms with Crippen molar-refractivity contribution in [1.29, 1.82) is 0 Å². The maximum atomic E-state index is 12.9. The van der Waals surface area contributed by atoms with Gasteiger partial charge in [0, 0.05) is 0 Å². The van der Waals surface area contributed by atoms with E-state index in [4.69, 9.17) is 0 Å². The van der Waals surface area contributed by atoms with Crippen molar-refractivity contribution in [2.45, 2.75) is 38.2 Å². The zero-order valence-corrected chi connectivity index (χ0v) is 9.97. The Morgan fingerprint density at radius 1 is 1.44 bits per heavy atom. The molecule has 0 aliphatic carbocycles. The van der Waals surface area contributed by atoms with Crippen molar-refractivity contribution < 1.29 is 27.2 Å². The van der Waals surface area contributed by atoms with Crippen molar-refractivity contribution in [3.63, 3.8) is 0 Å². The molecule has 0 radical (unpaired) electrons. The van der Waals surface area contributed by atoms with Crippen LogP contribution in [0.3, 0.4) is 0 Å². The van der Waals surface area contributed by atoms with Crippen molar-refractivity contribution in [2.75, 3.05) is 13.1 Å². The van der Waals surface area contributed by atoms with Gasteiger partial charge in [-0.1, -0.05) is 6.92 Å². The van der Waals surface area contributed by atoms with E-state index in [0.29, 0.717) is 4.90 Å². The van der Waals surface area contributed by atoms with E-state index < -0.39 is 42.8 Å². The summed E-state index contributed by atoms with van der Waals surface area (Å²) in [6.07, 6.45) is -3.68. The molecule has 1 N–H and O–H groups in total. The van der Waals surface area contributed by atoms with Crippen molar-refractivity contribution in [3.8, 4) is 0 Å². The maximum absolute atomic E-state index is 12.9. The summed E-state index contributed by atoms with van der Waals surface area (Å²) in [5.74, 6) is -5.73. The monoisotopic (exact) mass is 270 g/mol. The van der Waals surface area contributed by atoms with Crippen LogP contribution < -0.4 is 5.32 Å². The summed E-state index contributed by atoms with van der Waals surface area (Å²) in [5.41, 5.74) is -1.31. The minimum atomic E-state index is -4.32. The highest BCUT2D eigenvalue weighted by Gasteiger charge is 2.48. The number of carbonyl (C=O) groups is 2. The lowest BCUT2D eigenvalue weighted by molar-refractivity contribution is -0.167. The zero-order chi connectivity index (χ0) is 14.1. The lowest BCUT2D eigenvalue weighted by atomic mass is 9.94. The molecule has 1 rings (SSSR count). The van der Waals surface area contributed by atoms with Gasteiger partial charge in [-0.25, -0.2) is 8.78 Å². The highest BCUT2D eigenvalue weighted by atomic mass is 19.3. The number of nitrogens with zero attached hydrogens (tertiary/aromatic N) is 1. The first-order chi connectivity index (χ1) is 8.12. The van der Waals surface area contributed by atoms with Gasteiger partial charge in [-0.05, 0) is 13.3 Å². The number of rotatable bonds is 4. The smallest absolute Gasteiger partial charge is 0.324 e. The zero-order valence-electron chi connectivity index (χ0n) is 9.97. The van der Waals surface area contributed by atoms with E-state index >= 15 is 0 Å². The van der Waals surface area contributed by atoms with Gasteiger partial charge in [0.15, 0.2) is 0 Å². The molecular weight excluding hydrogens is 256 g/mol. The second-order valence-electron chi connectivity index (χ2n) is 4.46. The van der Waals surface area contributed by atoms with Crippen LogP contribution in [0.2, 0.25) is 0 Å². The molecule has 1 heterocycles. The van der Waals surface area contributed by atoms with Crippen LogP contribution in [-0.4, -0.2) is 47.7 Å². The predicted octanol–water partition coefficient (Wildman–Crippen LogP) is 1.01. The highest BCUT2D eigenvalue weighted by molar-refractivity contribution is 5.97. The molecule has 0 saturated carbocycles. The lowest BCUT2D eigenvalue weighted by Crippen LogP contribution is -2.66. The minimum absolute atomic E-state index is 0.189. The molecule has 1 atom stereocenters. The second kappa shape index (κ2) is 4.74. The quantitative estimate of drug-likeness (QED) is 0.775. The normalized spacial score (nSPS) is 25.6. The second-order valence-corrected chi connectivity index (χ2v) is 4.46. The Kier molecular flexibility index (Phi) is 3.87. The van der Waals surface area contributed by atoms with Gasteiger partial charge in [-0.2, -0.15) is 8.78 Å². The van der Waals surface area contributed by atoms with Crippen LogP contribution in [0.15, 0.2) is 0 Å². The predicted molar refractivity (Wildman–Crippen MR) is 54.4 cm³/mol. The van der Waals surface area contributed by atoms with Crippen LogP contribution in [0.5, 0.6) is 0 Å². The lowest BCUT2D eigenvalue weighted by Gasteiger charge is -2.40. The molecule has 0 aromatic carbocycles. The highest BCUT2D eigenvalue weighted by Crippen LogP contribution is 2.26. The molecule has 0 aromatic rings. The molecule has 0 aromatic heterocycles. The molecule has 104 valence electrons. The molecule has 0 bridgehead atoms. The summed E-state index contributed by atoms with van der Waals surface area (Å²) in [6.45, 7) is 0.885. The summed E-state index contributed by atoms with van der Waals surface area (Å²) >= 11 is 0. The number of hydrogen-bond acceptors (Lipinski definition) is 2. The summed E-state index contributed by atoms with van der Waals surface area (Å²) in [7, 11) is 0. The standard InChI is InChI=1S/C10H14F4N2O2/c1-3-9(2)8(18)16(4-6(17)15-9)5-10(13,14)7(11)12/h7H,3-5H2,1-2H3,(H,15,17). The largest absolute Gasteiger partial charge is 0.340 e. The van der Waals surface area contributed by atoms with Gasteiger partial charge in [0.1, 0.15) is 5.54 Å². The van der Waals surface area contributed by atoms with Crippen molar-refractivity contribution in [3.05, 3.63) is 0 Å². The average molecular weight is 270 g/mol. The van der Waals surface area contributed by atoms with E-state index in [0.717, 1.165) is 0 Å². The molecule has 8 heteroatoms. The van der Waals surface area contributed by atoms with Crippen LogP contribution in [0.25, 0.3) is 0 Å². The Hall–Kier alpha value is -1.34.